The van der Waals surface area contributed by atoms with Gasteiger partial charge in [0.05, 0.1) is 25.8 Å². The molecule has 0 spiro atoms. The summed E-state index contributed by atoms with van der Waals surface area (Å²) in [4.78, 5) is 14.3. The number of hydrogen-bond acceptors (Lipinski definition) is 4. The van der Waals surface area contributed by atoms with Crippen molar-refractivity contribution in [3.63, 3.8) is 0 Å². The minimum absolute atomic E-state index is 0.102. The van der Waals surface area contributed by atoms with Crippen LogP contribution in [0.15, 0.2) is 0 Å². The molecule has 4 nitrogen and oxygen atoms in total. The van der Waals surface area contributed by atoms with Crippen molar-refractivity contribution in [1.29, 1.82) is 0 Å². The normalized spacial score (nSPS) is 28.6. The van der Waals surface area contributed by atoms with E-state index in [1.807, 2.05) is 0 Å². The van der Waals surface area contributed by atoms with Crippen molar-refractivity contribution in [3.8, 4) is 0 Å². The van der Waals surface area contributed by atoms with Crippen molar-refractivity contribution in [1.82, 2.24) is 10.2 Å². The van der Waals surface area contributed by atoms with Crippen LogP contribution < -0.4 is 5.32 Å². The Morgan fingerprint density at radius 1 is 1.25 bits per heavy atom. The lowest BCUT2D eigenvalue weighted by Gasteiger charge is -2.27. The van der Waals surface area contributed by atoms with Crippen LogP contribution >= 0.6 is 0 Å². The molecule has 0 aromatic rings. The molecule has 1 N–H and O–H groups in total. The van der Waals surface area contributed by atoms with Crippen molar-refractivity contribution in [2.45, 2.75) is 31.7 Å². The molecule has 2 aliphatic rings. The summed E-state index contributed by atoms with van der Waals surface area (Å²) in [5, 5.41) is 3.36. The zero-order chi connectivity index (χ0) is 11.2. The maximum absolute atomic E-state index is 12.1. The van der Waals surface area contributed by atoms with E-state index < -0.39 is 0 Å². The second-order valence-corrected chi connectivity index (χ2v) is 4.71. The molecule has 2 rings (SSSR count). The Balaban J connectivity index is 1.76. The molecular formula is C12H22N2O2. The molecule has 2 saturated heterocycles. The van der Waals surface area contributed by atoms with E-state index in [1.54, 1.807) is 0 Å². The van der Waals surface area contributed by atoms with E-state index in [9.17, 15) is 4.79 Å². The zero-order valence-corrected chi connectivity index (χ0v) is 9.91. The Morgan fingerprint density at radius 2 is 2.06 bits per heavy atom. The summed E-state index contributed by atoms with van der Waals surface area (Å²) in [6, 6.07) is 0.102. The van der Waals surface area contributed by atoms with Crippen LogP contribution in [0.25, 0.3) is 0 Å². The molecular weight excluding hydrogens is 204 g/mol. The summed E-state index contributed by atoms with van der Waals surface area (Å²) in [5.41, 5.74) is 0. The van der Waals surface area contributed by atoms with Gasteiger partial charge in [0.25, 0.3) is 0 Å². The molecule has 2 aliphatic heterocycles. The molecule has 0 saturated carbocycles. The second kappa shape index (κ2) is 6.33. The minimum atomic E-state index is 0.102. The maximum Gasteiger partial charge on any atom is 0.163 e. The van der Waals surface area contributed by atoms with Crippen LogP contribution in [-0.4, -0.2) is 56.1 Å². The largest absolute Gasteiger partial charge is 0.379 e. The quantitative estimate of drug-likeness (QED) is 0.757. The van der Waals surface area contributed by atoms with Crippen LogP contribution in [0.2, 0.25) is 0 Å². The standard InChI is InChI=1S/C12H22N2O2/c15-12(10-14-6-8-16-9-7-14)11-4-2-1-3-5-13-11/h11,13H,1-10H2. The Hall–Kier alpha value is -0.450. The minimum Gasteiger partial charge on any atom is -0.379 e. The number of nitrogens with one attached hydrogen (secondary N) is 1. The topological polar surface area (TPSA) is 41.6 Å². The fourth-order valence-electron chi connectivity index (χ4n) is 2.39. The van der Waals surface area contributed by atoms with E-state index >= 15 is 0 Å². The molecule has 1 unspecified atom stereocenters. The lowest BCUT2D eigenvalue weighted by Crippen LogP contribution is -2.46. The Bertz CT molecular complexity index is 219. The van der Waals surface area contributed by atoms with Gasteiger partial charge in [0.15, 0.2) is 5.78 Å². The fourth-order valence-corrected chi connectivity index (χ4v) is 2.39. The van der Waals surface area contributed by atoms with E-state index in [2.05, 4.69) is 10.2 Å². The Labute approximate surface area is 97.3 Å². The van der Waals surface area contributed by atoms with Gasteiger partial charge in [0.1, 0.15) is 0 Å². The third-order valence-corrected chi connectivity index (χ3v) is 3.43. The third-order valence-electron chi connectivity index (χ3n) is 3.43. The van der Waals surface area contributed by atoms with Crippen LogP contribution in [0.3, 0.4) is 0 Å². The first-order chi connectivity index (χ1) is 7.86. The number of rotatable bonds is 3. The van der Waals surface area contributed by atoms with Gasteiger partial charge in [0.2, 0.25) is 0 Å². The van der Waals surface area contributed by atoms with Gasteiger partial charge in [-0.25, -0.2) is 0 Å². The highest BCUT2D eigenvalue weighted by Crippen LogP contribution is 2.10. The first kappa shape index (κ1) is 12.0. The maximum atomic E-state index is 12.1. The van der Waals surface area contributed by atoms with Gasteiger partial charge in [-0.3, -0.25) is 9.69 Å². The number of ketones is 1. The van der Waals surface area contributed by atoms with Gasteiger partial charge in [-0.1, -0.05) is 12.8 Å². The van der Waals surface area contributed by atoms with Crippen molar-refractivity contribution in [2.24, 2.45) is 0 Å². The summed E-state index contributed by atoms with van der Waals surface area (Å²) in [6.07, 6.45) is 4.67. The van der Waals surface area contributed by atoms with Gasteiger partial charge in [-0.05, 0) is 19.4 Å². The number of morpholine rings is 1. The van der Waals surface area contributed by atoms with Crippen molar-refractivity contribution in [2.75, 3.05) is 39.4 Å². The summed E-state index contributed by atoms with van der Waals surface area (Å²) >= 11 is 0. The Morgan fingerprint density at radius 3 is 2.88 bits per heavy atom. The van der Waals surface area contributed by atoms with E-state index in [0.717, 1.165) is 39.3 Å². The summed E-state index contributed by atoms with van der Waals surface area (Å²) < 4.78 is 5.28. The average molecular weight is 226 g/mol. The van der Waals surface area contributed by atoms with E-state index in [0.29, 0.717) is 12.3 Å². The van der Waals surface area contributed by atoms with Gasteiger partial charge in [-0.15, -0.1) is 0 Å². The van der Waals surface area contributed by atoms with Crippen LogP contribution in [0.1, 0.15) is 25.7 Å². The fraction of sp³-hybridized carbons (Fsp3) is 0.917. The molecule has 16 heavy (non-hydrogen) atoms. The average Bonchev–Trinajstić information content (AvgIpc) is 2.59. The molecule has 2 heterocycles. The molecule has 1 atom stereocenters. The van der Waals surface area contributed by atoms with Crippen LogP contribution in [0.4, 0.5) is 0 Å². The molecule has 0 radical (unpaired) electrons. The van der Waals surface area contributed by atoms with Crippen molar-refractivity contribution in [3.05, 3.63) is 0 Å². The highest BCUT2D eigenvalue weighted by molar-refractivity contribution is 5.85. The van der Waals surface area contributed by atoms with Gasteiger partial charge in [0, 0.05) is 13.1 Å². The number of nitrogens with zero attached hydrogens (tertiary/aromatic N) is 1. The van der Waals surface area contributed by atoms with Crippen LogP contribution in [-0.2, 0) is 9.53 Å². The number of carbonyl (C=O) groups excluding carboxylic acids is 1. The van der Waals surface area contributed by atoms with Gasteiger partial charge < -0.3 is 10.1 Å². The molecule has 4 heteroatoms. The number of carbonyl (C=O) groups is 1. The highest BCUT2D eigenvalue weighted by atomic mass is 16.5. The van der Waals surface area contributed by atoms with Gasteiger partial charge >= 0.3 is 0 Å². The molecule has 0 aliphatic carbocycles. The van der Waals surface area contributed by atoms with Gasteiger partial charge in [-0.2, -0.15) is 0 Å². The zero-order valence-electron chi connectivity index (χ0n) is 9.91. The van der Waals surface area contributed by atoms with E-state index in [-0.39, 0.29) is 6.04 Å². The predicted octanol–water partition coefficient (Wildman–Crippen LogP) is 0.420. The smallest absolute Gasteiger partial charge is 0.163 e. The van der Waals surface area contributed by atoms with Crippen LogP contribution in [0.5, 0.6) is 0 Å². The number of Topliss-reactive ketones (excluding diaryl/α,β-unsaturated/α-hetero) is 1. The highest BCUT2D eigenvalue weighted by Gasteiger charge is 2.22. The third kappa shape index (κ3) is 3.54. The lowest BCUT2D eigenvalue weighted by molar-refractivity contribution is -0.123. The molecule has 92 valence electrons. The number of hydrogen-bond donors (Lipinski definition) is 1. The summed E-state index contributed by atoms with van der Waals surface area (Å²) in [6.45, 7) is 4.94. The molecule has 2 fully saturated rings. The first-order valence-electron chi connectivity index (χ1n) is 6.42. The van der Waals surface area contributed by atoms with E-state index in [4.69, 9.17) is 4.74 Å². The predicted molar refractivity (Wildman–Crippen MR) is 62.5 cm³/mol. The van der Waals surface area contributed by atoms with Crippen molar-refractivity contribution >= 4 is 5.78 Å². The molecule has 0 bridgehead atoms. The SMILES string of the molecule is O=C(CN1CCOCC1)C1CCCCCN1. The first-order valence-corrected chi connectivity index (χ1v) is 6.42. The van der Waals surface area contributed by atoms with E-state index in [1.165, 1.54) is 19.3 Å². The summed E-state index contributed by atoms with van der Waals surface area (Å²) in [7, 11) is 0. The van der Waals surface area contributed by atoms with Crippen molar-refractivity contribution < 1.29 is 9.53 Å². The summed E-state index contributed by atoms with van der Waals surface area (Å²) in [5.74, 6) is 0.365. The molecule has 0 aromatic carbocycles. The lowest BCUT2D eigenvalue weighted by atomic mass is 10.1. The van der Waals surface area contributed by atoms with Crippen LogP contribution in [0, 0.1) is 0 Å². The molecule has 0 aromatic heterocycles. The monoisotopic (exact) mass is 226 g/mol. The number of ether oxygens (including phenoxy) is 1. The Kier molecular flexibility index (Phi) is 4.75. The molecule has 0 amide bonds. The second-order valence-electron chi connectivity index (χ2n) is 4.71.